The van der Waals surface area contributed by atoms with E-state index in [1.165, 1.54) is 18.8 Å². The molecule has 0 radical (unpaired) electrons. The number of piperazine rings is 1. The first-order valence-corrected chi connectivity index (χ1v) is 6.20. The molecule has 2 heterocycles. The number of imidazole rings is 1. The Morgan fingerprint density at radius 3 is 2.69 bits per heavy atom. The van der Waals surface area contributed by atoms with Crippen molar-refractivity contribution in [2.24, 2.45) is 0 Å². The second-order valence-electron chi connectivity index (χ2n) is 4.78. The van der Waals surface area contributed by atoms with Gasteiger partial charge < -0.3 is 9.88 Å². The van der Waals surface area contributed by atoms with Crippen molar-refractivity contribution in [3.8, 4) is 0 Å². The van der Waals surface area contributed by atoms with Crippen LogP contribution in [-0.2, 0) is 6.54 Å². The van der Waals surface area contributed by atoms with Crippen LogP contribution in [0, 0.1) is 0 Å². The van der Waals surface area contributed by atoms with E-state index in [1.807, 2.05) is 6.33 Å². The van der Waals surface area contributed by atoms with E-state index in [9.17, 15) is 0 Å². The van der Waals surface area contributed by atoms with Gasteiger partial charge in [0, 0.05) is 45.5 Å². The van der Waals surface area contributed by atoms with Crippen LogP contribution in [0.3, 0.4) is 0 Å². The van der Waals surface area contributed by atoms with Crippen LogP contribution in [0.25, 0.3) is 0 Å². The summed E-state index contributed by atoms with van der Waals surface area (Å²) in [4.78, 5) is 6.92. The van der Waals surface area contributed by atoms with Crippen LogP contribution in [0.1, 0.15) is 25.5 Å². The standard InChI is InChI=1S/C12H22N4/c1-11(2)12-9-16(10-14-12)8-7-15-5-3-13-4-6-15/h9-11,13H,3-8H2,1-2H3. The molecule has 1 saturated heterocycles. The van der Waals surface area contributed by atoms with Gasteiger partial charge in [0.2, 0.25) is 0 Å². The third kappa shape index (κ3) is 3.06. The highest BCUT2D eigenvalue weighted by Gasteiger charge is 2.09. The molecular formula is C12H22N4. The topological polar surface area (TPSA) is 33.1 Å². The summed E-state index contributed by atoms with van der Waals surface area (Å²) in [6, 6.07) is 0. The fourth-order valence-electron chi connectivity index (χ4n) is 1.99. The Morgan fingerprint density at radius 2 is 2.06 bits per heavy atom. The zero-order chi connectivity index (χ0) is 11.4. The van der Waals surface area contributed by atoms with Crippen LogP contribution in [0.15, 0.2) is 12.5 Å². The van der Waals surface area contributed by atoms with Gasteiger partial charge in [0.05, 0.1) is 12.0 Å². The minimum atomic E-state index is 0.528. The number of aromatic nitrogens is 2. The Hall–Kier alpha value is -0.870. The molecule has 1 aromatic rings. The molecule has 0 atom stereocenters. The molecule has 0 unspecified atom stereocenters. The van der Waals surface area contributed by atoms with Gasteiger partial charge >= 0.3 is 0 Å². The second-order valence-corrected chi connectivity index (χ2v) is 4.78. The third-order valence-electron chi connectivity index (χ3n) is 3.13. The summed E-state index contributed by atoms with van der Waals surface area (Å²) in [5.74, 6) is 0.528. The monoisotopic (exact) mass is 222 g/mol. The van der Waals surface area contributed by atoms with Gasteiger partial charge in [-0.3, -0.25) is 4.90 Å². The smallest absolute Gasteiger partial charge is 0.0949 e. The molecule has 1 fully saturated rings. The van der Waals surface area contributed by atoms with E-state index in [0.29, 0.717) is 5.92 Å². The number of rotatable bonds is 4. The average molecular weight is 222 g/mol. The minimum absolute atomic E-state index is 0.528. The van der Waals surface area contributed by atoms with Crippen molar-refractivity contribution in [1.82, 2.24) is 19.8 Å². The maximum absolute atomic E-state index is 4.41. The molecule has 0 aliphatic carbocycles. The van der Waals surface area contributed by atoms with Gasteiger partial charge in [0.1, 0.15) is 0 Å². The van der Waals surface area contributed by atoms with Crippen LogP contribution in [-0.4, -0.2) is 47.2 Å². The van der Waals surface area contributed by atoms with Crippen molar-refractivity contribution >= 4 is 0 Å². The molecule has 1 aromatic heterocycles. The quantitative estimate of drug-likeness (QED) is 0.822. The Bertz CT molecular complexity index is 313. The fourth-order valence-corrected chi connectivity index (χ4v) is 1.99. The highest BCUT2D eigenvalue weighted by atomic mass is 15.2. The van der Waals surface area contributed by atoms with E-state index in [2.05, 4.69) is 39.8 Å². The first-order valence-electron chi connectivity index (χ1n) is 6.20. The van der Waals surface area contributed by atoms with Gasteiger partial charge in [0.25, 0.3) is 0 Å². The Morgan fingerprint density at radius 1 is 1.31 bits per heavy atom. The third-order valence-corrected chi connectivity index (χ3v) is 3.13. The van der Waals surface area contributed by atoms with Crippen molar-refractivity contribution < 1.29 is 0 Å². The molecule has 1 aliphatic rings. The lowest BCUT2D eigenvalue weighted by Crippen LogP contribution is -2.44. The van der Waals surface area contributed by atoms with Crippen molar-refractivity contribution in [2.45, 2.75) is 26.3 Å². The van der Waals surface area contributed by atoms with Crippen molar-refractivity contribution in [2.75, 3.05) is 32.7 Å². The van der Waals surface area contributed by atoms with Crippen LogP contribution < -0.4 is 5.32 Å². The average Bonchev–Trinajstić information content (AvgIpc) is 2.76. The van der Waals surface area contributed by atoms with E-state index in [-0.39, 0.29) is 0 Å². The molecule has 1 aliphatic heterocycles. The van der Waals surface area contributed by atoms with E-state index >= 15 is 0 Å². The van der Waals surface area contributed by atoms with Gasteiger partial charge in [-0.1, -0.05) is 13.8 Å². The molecule has 16 heavy (non-hydrogen) atoms. The highest BCUT2D eigenvalue weighted by Crippen LogP contribution is 2.10. The first kappa shape index (κ1) is 11.6. The summed E-state index contributed by atoms with van der Waals surface area (Å²) in [6.45, 7) is 11.2. The fraction of sp³-hybridized carbons (Fsp3) is 0.750. The van der Waals surface area contributed by atoms with Gasteiger partial charge in [-0.25, -0.2) is 4.98 Å². The van der Waals surface area contributed by atoms with Gasteiger partial charge in [0.15, 0.2) is 0 Å². The van der Waals surface area contributed by atoms with Crippen LogP contribution in [0.4, 0.5) is 0 Å². The second kappa shape index (κ2) is 5.46. The van der Waals surface area contributed by atoms with Gasteiger partial charge in [-0.05, 0) is 5.92 Å². The van der Waals surface area contributed by atoms with Crippen molar-refractivity contribution in [3.05, 3.63) is 18.2 Å². The summed E-state index contributed by atoms with van der Waals surface area (Å²) in [6.07, 6.45) is 4.13. The molecular weight excluding hydrogens is 200 g/mol. The zero-order valence-electron chi connectivity index (χ0n) is 10.3. The van der Waals surface area contributed by atoms with Crippen molar-refractivity contribution in [3.63, 3.8) is 0 Å². The Balaban J connectivity index is 1.79. The van der Waals surface area contributed by atoms with E-state index < -0.39 is 0 Å². The number of nitrogens with zero attached hydrogens (tertiary/aromatic N) is 3. The largest absolute Gasteiger partial charge is 0.336 e. The summed E-state index contributed by atoms with van der Waals surface area (Å²) < 4.78 is 2.21. The Kier molecular flexibility index (Phi) is 3.96. The highest BCUT2D eigenvalue weighted by molar-refractivity contribution is 5.01. The number of hydrogen-bond donors (Lipinski definition) is 1. The molecule has 2 rings (SSSR count). The molecule has 4 nitrogen and oxygen atoms in total. The Labute approximate surface area is 97.7 Å². The summed E-state index contributed by atoms with van der Waals surface area (Å²) in [5, 5.41) is 3.37. The summed E-state index contributed by atoms with van der Waals surface area (Å²) >= 11 is 0. The summed E-state index contributed by atoms with van der Waals surface area (Å²) in [5.41, 5.74) is 1.19. The molecule has 0 saturated carbocycles. The lowest BCUT2D eigenvalue weighted by atomic mass is 10.2. The molecule has 4 heteroatoms. The lowest BCUT2D eigenvalue weighted by Gasteiger charge is -2.27. The molecule has 0 bridgehead atoms. The molecule has 0 amide bonds. The van der Waals surface area contributed by atoms with E-state index in [1.54, 1.807) is 0 Å². The maximum Gasteiger partial charge on any atom is 0.0949 e. The molecule has 1 N–H and O–H groups in total. The maximum atomic E-state index is 4.41. The van der Waals surface area contributed by atoms with E-state index in [0.717, 1.165) is 26.2 Å². The predicted molar refractivity (Wildman–Crippen MR) is 65.6 cm³/mol. The van der Waals surface area contributed by atoms with Crippen LogP contribution >= 0.6 is 0 Å². The summed E-state index contributed by atoms with van der Waals surface area (Å²) in [7, 11) is 0. The number of nitrogens with one attached hydrogen (secondary N) is 1. The van der Waals surface area contributed by atoms with Crippen LogP contribution in [0.2, 0.25) is 0 Å². The minimum Gasteiger partial charge on any atom is -0.336 e. The molecule has 90 valence electrons. The molecule has 0 aromatic carbocycles. The first-order chi connectivity index (χ1) is 7.75. The SMILES string of the molecule is CC(C)c1cn(CCN2CCNCC2)cn1. The molecule has 0 spiro atoms. The van der Waals surface area contributed by atoms with Gasteiger partial charge in [-0.2, -0.15) is 0 Å². The van der Waals surface area contributed by atoms with Gasteiger partial charge in [-0.15, -0.1) is 0 Å². The van der Waals surface area contributed by atoms with Crippen LogP contribution in [0.5, 0.6) is 0 Å². The normalized spacial score (nSPS) is 18.2. The lowest BCUT2D eigenvalue weighted by molar-refractivity contribution is 0.232. The van der Waals surface area contributed by atoms with Crippen molar-refractivity contribution in [1.29, 1.82) is 0 Å². The number of hydrogen-bond acceptors (Lipinski definition) is 3. The van der Waals surface area contributed by atoms with E-state index in [4.69, 9.17) is 0 Å². The predicted octanol–water partition coefficient (Wildman–Crippen LogP) is 0.912. The zero-order valence-corrected chi connectivity index (χ0v) is 10.3.